The summed E-state index contributed by atoms with van der Waals surface area (Å²) in [5.74, 6) is -1.43. The molecule has 2 aromatic carbocycles. The van der Waals surface area contributed by atoms with Crippen LogP contribution < -0.4 is 4.90 Å². The molecule has 5 heteroatoms. The van der Waals surface area contributed by atoms with Crippen molar-refractivity contribution in [2.45, 2.75) is 0 Å². The average molecular weight is 280 g/mol. The van der Waals surface area contributed by atoms with E-state index in [0.717, 1.165) is 0 Å². The van der Waals surface area contributed by atoms with Gasteiger partial charge in [-0.1, -0.05) is 12.1 Å². The molecule has 0 saturated carbocycles. The Bertz CT molecular complexity index is 730. The lowest BCUT2D eigenvalue weighted by atomic mass is 10.1. The minimum atomic E-state index is -1.09. The summed E-state index contributed by atoms with van der Waals surface area (Å²) < 4.78 is 0. The molecule has 0 aliphatic rings. The van der Waals surface area contributed by atoms with E-state index < -0.39 is 5.97 Å². The summed E-state index contributed by atoms with van der Waals surface area (Å²) in [5.41, 5.74) is 1.22. The molecule has 0 spiro atoms. The topological polar surface area (TPSA) is 81.4 Å². The summed E-state index contributed by atoms with van der Waals surface area (Å²) in [4.78, 5) is 24.8. The maximum Gasteiger partial charge on any atom is 0.337 e. The molecule has 0 aromatic heterocycles. The molecule has 1 N–H and O–H groups in total. The SMILES string of the molecule is CN(C(=O)c1ccc(C#N)cc1)c1ccccc1C(=O)O. The molecule has 0 heterocycles. The third-order valence-electron chi connectivity index (χ3n) is 3.06. The molecule has 0 saturated heterocycles. The lowest BCUT2D eigenvalue weighted by Crippen LogP contribution is -2.27. The fourth-order valence-corrected chi connectivity index (χ4v) is 1.94. The first-order valence-corrected chi connectivity index (χ1v) is 6.15. The van der Waals surface area contributed by atoms with Crippen molar-refractivity contribution in [2.24, 2.45) is 0 Å². The number of aromatic carboxylic acids is 1. The highest BCUT2D eigenvalue weighted by Gasteiger charge is 2.18. The number of hydrogen-bond donors (Lipinski definition) is 1. The molecule has 1 amide bonds. The Morgan fingerprint density at radius 2 is 1.71 bits per heavy atom. The molecule has 0 unspecified atom stereocenters. The number of carbonyl (C=O) groups excluding carboxylic acids is 1. The average Bonchev–Trinajstić information content (AvgIpc) is 2.53. The van der Waals surface area contributed by atoms with Crippen LogP contribution in [0, 0.1) is 11.3 Å². The van der Waals surface area contributed by atoms with E-state index in [-0.39, 0.29) is 11.5 Å². The smallest absolute Gasteiger partial charge is 0.337 e. The van der Waals surface area contributed by atoms with E-state index in [1.54, 1.807) is 42.5 Å². The molecule has 0 aliphatic heterocycles. The number of carboxylic acid groups (broad SMARTS) is 1. The van der Waals surface area contributed by atoms with Gasteiger partial charge < -0.3 is 10.0 Å². The molecule has 0 radical (unpaired) electrons. The highest BCUT2D eigenvalue weighted by molar-refractivity contribution is 6.09. The Hall–Kier alpha value is -3.13. The number of nitriles is 1. The van der Waals surface area contributed by atoms with E-state index >= 15 is 0 Å². The van der Waals surface area contributed by atoms with Gasteiger partial charge in [-0.2, -0.15) is 5.26 Å². The highest BCUT2D eigenvalue weighted by atomic mass is 16.4. The Morgan fingerprint density at radius 3 is 2.29 bits per heavy atom. The predicted octanol–water partition coefficient (Wildman–Crippen LogP) is 2.53. The minimum Gasteiger partial charge on any atom is -0.478 e. The van der Waals surface area contributed by atoms with Crippen molar-refractivity contribution in [1.82, 2.24) is 0 Å². The molecule has 21 heavy (non-hydrogen) atoms. The summed E-state index contributed by atoms with van der Waals surface area (Å²) in [7, 11) is 1.52. The van der Waals surface area contributed by atoms with Crippen molar-refractivity contribution in [2.75, 3.05) is 11.9 Å². The Balaban J connectivity index is 2.35. The van der Waals surface area contributed by atoms with Gasteiger partial charge in [-0.3, -0.25) is 4.79 Å². The van der Waals surface area contributed by atoms with Gasteiger partial charge in [0.25, 0.3) is 5.91 Å². The fourth-order valence-electron chi connectivity index (χ4n) is 1.94. The van der Waals surface area contributed by atoms with Crippen LogP contribution in [0.25, 0.3) is 0 Å². The Morgan fingerprint density at radius 1 is 1.10 bits per heavy atom. The van der Waals surface area contributed by atoms with Crippen LogP contribution in [0.5, 0.6) is 0 Å². The number of carbonyl (C=O) groups is 2. The molecular formula is C16H12N2O3. The van der Waals surface area contributed by atoms with Crippen molar-refractivity contribution in [3.05, 3.63) is 65.2 Å². The van der Waals surface area contributed by atoms with Gasteiger partial charge in [0.15, 0.2) is 0 Å². The Labute approximate surface area is 121 Å². The van der Waals surface area contributed by atoms with Gasteiger partial charge in [0.05, 0.1) is 22.9 Å². The molecule has 0 fully saturated rings. The first-order valence-electron chi connectivity index (χ1n) is 6.15. The van der Waals surface area contributed by atoms with Gasteiger partial charge in [0.2, 0.25) is 0 Å². The Kier molecular flexibility index (Phi) is 4.00. The molecule has 5 nitrogen and oxygen atoms in total. The quantitative estimate of drug-likeness (QED) is 0.936. The highest BCUT2D eigenvalue weighted by Crippen LogP contribution is 2.21. The normalized spacial score (nSPS) is 9.71. The number of nitrogens with zero attached hydrogens (tertiary/aromatic N) is 2. The van der Waals surface area contributed by atoms with Crippen molar-refractivity contribution in [3.8, 4) is 6.07 Å². The van der Waals surface area contributed by atoms with Gasteiger partial charge in [-0.25, -0.2) is 4.79 Å². The lowest BCUT2D eigenvalue weighted by Gasteiger charge is -2.19. The minimum absolute atomic E-state index is 0.0574. The van der Waals surface area contributed by atoms with Crippen LogP contribution in [-0.2, 0) is 0 Å². The van der Waals surface area contributed by atoms with Crippen molar-refractivity contribution in [1.29, 1.82) is 5.26 Å². The van der Waals surface area contributed by atoms with Gasteiger partial charge in [-0.15, -0.1) is 0 Å². The second kappa shape index (κ2) is 5.88. The van der Waals surface area contributed by atoms with Crippen LogP contribution in [0.2, 0.25) is 0 Å². The van der Waals surface area contributed by atoms with E-state index in [0.29, 0.717) is 16.8 Å². The molecule has 0 aliphatic carbocycles. The van der Waals surface area contributed by atoms with E-state index in [1.807, 2.05) is 6.07 Å². The van der Waals surface area contributed by atoms with Crippen LogP contribution in [0.4, 0.5) is 5.69 Å². The van der Waals surface area contributed by atoms with Crippen LogP contribution >= 0.6 is 0 Å². The third kappa shape index (κ3) is 2.90. The zero-order valence-electron chi connectivity index (χ0n) is 11.3. The number of hydrogen-bond acceptors (Lipinski definition) is 3. The third-order valence-corrected chi connectivity index (χ3v) is 3.06. The monoisotopic (exact) mass is 280 g/mol. The zero-order valence-corrected chi connectivity index (χ0v) is 11.3. The lowest BCUT2D eigenvalue weighted by molar-refractivity contribution is 0.0697. The summed E-state index contributed by atoms with van der Waals surface area (Å²) >= 11 is 0. The van der Waals surface area contributed by atoms with Gasteiger partial charge in [-0.05, 0) is 36.4 Å². The number of amides is 1. The van der Waals surface area contributed by atoms with Crippen molar-refractivity contribution < 1.29 is 14.7 Å². The fraction of sp³-hybridized carbons (Fsp3) is 0.0625. The maximum atomic E-state index is 12.4. The molecule has 2 rings (SSSR count). The molecule has 104 valence electrons. The van der Waals surface area contributed by atoms with E-state index in [4.69, 9.17) is 10.4 Å². The number of rotatable bonds is 3. The molecule has 2 aromatic rings. The van der Waals surface area contributed by atoms with Crippen LogP contribution in [0.15, 0.2) is 48.5 Å². The van der Waals surface area contributed by atoms with Crippen LogP contribution in [0.3, 0.4) is 0 Å². The zero-order chi connectivity index (χ0) is 15.4. The maximum absolute atomic E-state index is 12.4. The second-order valence-electron chi connectivity index (χ2n) is 4.38. The summed E-state index contributed by atoms with van der Waals surface area (Å²) in [6.07, 6.45) is 0. The summed E-state index contributed by atoms with van der Waals surface area (Å²) in [6.45, 7) is 0. The largest absolute Gasteiger partial charge is 0.478 e. The molecule has 0 atom stereocenters. The number of carboxylic acids is 1. The summed E-state index contributed by atoms with van der Waals surface area (Å²) in [6, 6.07) is 14.4. The predicted molar refractivity (Wildman–Crippen MR) is 77.3 cm³/mol. The van der Waals surface area contributed by atoms with Gasteiger partial charge >= 0.3 is 5.97 Å². The second-order valence-corrected chi connectivity index (χ2v) is 4.38. The van der Waals surface area contributed by atoms with Gasteiger partial charge in [0, 0.05) is 12.6 Å². The molecule has 0 bridgehead atoms. The first-order chi connectivity index (χ1) is 10.0. The first kappa shape index (κ1) is 14.3. The van der Waals surface area contributed by atoms with Gasteiger partial charge in [0.1, 0.15) is 0 Å². The molecular weight excluding hydrogens is 268 g/mol. The van der Waals surface area contributed by atoms with Crippen LogP contribution in [-0.4, -0.2) is 24.0 Å². The van der Waals surface area contributed by atoms with E-state index in [9.17, 15) is 9.59 Å². The number of anilines is 1. The van der Waals surface area contributed by atoms with Crippen molar-refractivity contribution >= 4 is 17.6 Å². The number of para-hydroxylation sites is 1. The number of benzene rings is 2. The van der Waals surface area contributed by atoms with Crippen LogP contribution in [0.1, 0.15) is 26.3 Å². The standard InChI is InChI=1S/C16H12N2O3/c1-18(14-5-3-2-4-13(14)16(20)21)15(19)12-8-6-11(10-17)7-9-12/h2-9H,1H3,(H,20,21). The van der Waals surface area contributed by atoms with E-state index in [2.05, 4.69) is 0 Å². The van der Waals surface area contributed by atoms with E-state index in [1.165, 1.54) is 18.0 Å². The van der Waals surface area contributed by atoms with Crippen molar-refractivity contribution in [3.63, 3.8) is 0 Å². The summed E-state index contributed by atoms with van der Waals surface area (Å²) in [5, 5.41) is 17.9.